The van der Waals surface area contributed by atoms with Gasteiger partial charge in [-0.25, -0.2) is 0 Å². The summed E-state index contributed by atoms with van der Waals surface area (Å²) in [6.45, 7) is 4.43. The zero-order valence-corrected chi connectivity index (χ0v) is 11.5. The molecule has 0 spiro atoms. The zero-order chi connectivity index (χ0) is 13.2. The molecule has 2 rings (SSSR count). The summed E-state index contributed by atoms with van der Waals surface area (Å²) in [6.07, 6.45) is 2.87. The van der Waals surface area contributed by atoms with Crippen molar-refractivity contribution in [1.29, 1.82) is 0 Å². The minimum atomic E-state index is -0.173. The van der Waals surface area contributed by atoms with Crippen molar-refractivity contribution in [2.24, 2.45) is 0 Å². The van der Waals surface area contributed by atoms with E-state index in [-0.39, 0.29) is 12.1 Å². The van der Waals surface area contributed by atoms with Crippen LogP contribution < -0.4 is 10.1 Å². The lowest BCUT2D eigenvalue weighted by Gasteiger charge is -2.39. The first kappa shape index (κ1) is 13.4. The highest BCUT2D eigenvalue weighted by molar-refractivity contribution is 5.39. The maximum Gasteiger partial charge on any atom is 0.119 e. The van der Waals surface area contributed by atoms with E-state index in [1.807, 2.05) is 6.07 Å². The summed E-state index contributed by atoms with van der Waals surface area (Å²) in [5.74, 6) is 0.895. The van der Waals surface area contributed by atoms with Gasteiger partial charge in [-0.2, -0.15) is 0 Å². The predicted octanol–water partition coefficient (Wildman–Crippen LogP) is 1.91. The summed E-state index contributed by atoms with van der Waals surface area (Å²) in [5.41, 5.74) is 2.50. The fourth-order valence-electron chi connectivity index (χ4n) is 2.88. The number of rotatable bonds is 4. The third-order valence-corrected chi connectivity index (χ3v) is 3.71. The quantitative estimate of drug-likeness (QED) is 0.856. The summed E-state index contributed by atoms with van der Waals surface area (Å²) in [7, 11) is 1.69. The molecule has 0 heterocycles. The topological polar surface area (TPSA) is 41.5 Å². The maximum atomic E-state index is 9.75. The van der Waals surface area contributed by atoms with Crippen molar-refractivity contribution in [3.63, 3.8) is 0 Å². The average Bonchev–Trinajstić information content (AvgIpc) is 2.37. The van der Waals surface area contributed by atoms with Gasteiger partial charge in [0.15, 0.2) is 0 Å². The molecule has 3 heteroatoms. The normalized spacial score (nSPS) is 22.9. The number of aliphatic hydroxyl groups is 1. The summed E-state index contributed by atoms with van der Waals surface area (Å²) >= 11 is 0. The van der Waals surface area contributed by atoms with Gasteiger partial charge in [0, 0.05) is 11.6 Å². The summed E-state index contributed by atoms with van der Waals surface area (Å²) in [5, 5.41) is 13.3. The second kappa shape index (κ2) is 5.29. The highest BCUT2D eigenvalue weighted by Gasteiger charge is 2.34. The van der Waals surface area contributed by atoms with E-state index < -0.39 is 0 Å². The van der Waals surface area contributed by atoms with Crippen molar-refractivity contribution in [3.8, 4) is 5.75 Å². The zero-order valence-electron chi connectivity index (χ0n) is 11.5. The van der Waals surface area contributed by atoms with Crippen molar-refractivity contribution in [2.45, 2.75) is 44.7 Å². The second-order valence-corrected chi connectivity index (χ2v) is 5.55. The van der Waals surface area contributed by atoms with Crippen LogP contribution in [0.3, 0.4) is 0 Å². The number of benzene rings is 1. The molecule has 0 saturated carbocycles. The largest absolute Gasteiger partial charge is 0.497 e. The lowest BCUT2D eigenvalue weighted by atomic mass is 9.78. The second-order valence-electron chi connectivity index (χ2n) is 5.55. The van der Waals surface area contributed by atoms with E-state index in [2.05, 4.69) is 31.3 Å². The molecule has 1 aromatic rings. The third-order valence-electron chi connectivity index (χ3n) is 3.71. The Morgan fingerprint density at radius 2 is 2.17 bits per heavy atom. The standard InChI is InChI=1S/C15H23NO2/c1-11(2)16-15(10-17)7-6-12-4-5-14(18-3)8-13(12)9-15/h4-5,8,11,16-17H,6-7,9-10H2,1-3H3. The monoisotopic (exact) mass is 249 g/mol. The minimum absolute atomic E-state index is 0.173. The number of nitrogens with one attached hydrogen (secondary N) is 1. The number of fused-ring (bicyclic) bond motifs is 1. The lowest BCUT2D eigenvalue weighted by molar-refractivity contribution is 0.136. The molecule has 3 nitrogen and oxygen atoms in total. The van der Waals surface area contributed by atoms with Crippen LogP contribution in [0.4, 0.5) is 0 Å². The van der Waals surface area contributed by atoms with E-state index >= 15 is 0 Å². The Balaban J connectivity index is 2.25. The molecule has 1 unspecified atom stereocenters. The highest BCUT2D eigenvalue weighted by Crippen LogP contribution is 2.31. The first-order chi connectivity index (χ1) is 8.58. The van der Waals surface area contributed by atoms with Gasteiger partial charge in [0.25, 0.3) is 0 Å². The molecule has 0 aliphatic heterocycles. The van der Waals surface area contributed by atoms with E-state index in [4.69, 9.17) is 4.74 Å². The fraction of sp³-hybridized carbons (Fsp3) is 0.600. The molecule has 1 aliphatic rings. The van der Waals surface area contributed by atoms with Crippen LogP contribution >= 0.6 is 0 Å². The first-order valence-corrected chi connectivity index (χ1v) is 6.63. The highest BCUT2D eigenvalue weighted by atomic mass is 16.5. The van der Waals surface area contributed by atoms with Gasteiger partial charge in [0.1, 0.15) is 5.75 Å². The molecule has 0 saturated heterocycles. The van der Waals surface area contributed by atoms with Gasteiger partial charge in [-0.05, 0) is 42.5 Å². The van der Waals surface area contributed by atoms with Crippen LogP contribution in [0, 0.1) is 0 Å². The molecule has 1 aliphatic carbocycles. The van der Waals surface area contributed by atoms with Gasteiger partial charge in [-0.3, -0.25) is 0 Å². The van der Waals surface area contributed by atoms with E-state index in [1.54, 1.807) is 7.11 Å². The van der Waals surface area contributed by atoms with Crippen molar-refractivity contribution in [1.82, 2.24) is 5.32 Å². The van der Waals surface area contributed by atoms with E-state index in [1.165, 1.54) is 11.1 Å². The van der Waals surface area contributed by atoms with Gasteiger partial charge in [0.05, 0.1) is 13.7 Å². The van der Waals surface area contributed by atoms with Crippen LogP contribution in [0.2, 0.25) is 0 Å². The van der Waals surface area contributed by atoms with E-state index in [0.29, 0.717) is 6.04 Å². The SMILES string of the molecule is COc1ccc2c(c1)CC(CO)(NC(C)C)CC2. The number of ether oxygens (including phenoxy) is 1. The number of aliphatic hydroxyl groups excluding tert-OH is 1. The molecule has 2 N–H and O–H groups in total. The molecule has 0 bridgehead atoms. The maximum absolute atomic E-state index is 9.75. The van der Waals surface area contributed by atoms with Gasteiger partial charge in [0.2, 0.25) is 0 Å². The third kappa shape index (κ3) is 2.68. The van der Waals surface area contributed by atoms with E-state index in [9.17, 15) is 5.11 Å². The molecular formula is C15H23NO2. The molecule has 0 aromatic heterocycles. The van der Waals surface area contributed by atoms with Crippen molar-refractivity contribution < 1.29 is 9.84 Å². The molecule has 0 fully saturated rings. The van der Waals surface area contributed by atoms with Crippen LogP contribution in [0.15, 0.2) is 18.2 Å². The van der Waals surface area contributed by atoms with Gasteiger partial charge < -0.3 is 15.2 Å². The molecule has 0 amide bonds. The molecule has 1 aromatic carbocycles. The van der Waals surface area contributed by atoms with Crippen LogP contribution in [-0.2, 0) is 12.8 Å². The number of methoxy groups -OCH3 is 1. The molecule has 100 valence electrons. The number of aryl methyl sites for hydroxylation is 1. The number of hydrogen-bond acceptors (Lipinski definition) is 3. The molecular weight excluding hydrogens is 226 g/mol. The van der Waals surface area contributed by atoms with Crippen LogP contribution in [0.25, 0.3) is 0 Å². The lowest BCUT2D eigenvalue weighted by Crippen LogP contribution is -2.55. The fourth-order valence-corrected chi connectivity index (χ4v) is 2.88. The van der Waals surface area contributed by atoms with Gasteiger partial charge in [-0.15, -0.1) is 0 Å². The van der Waals surface area contributed by atoms with Crippen LogP contribution in [-0.4, -0.2) is 30.4 Å². The summed E-state index contributed by atoms with van der Waals surface area (Å²) in [6, 6.07) is 6.64. The Bertz CT molecular complexity index is 417. The summed E-state index contributed by atoms with van der Waals surface area (Å²) in [4.78, 5) is 0. The smallest absolute Gasteiger partial charge is 0.119 e. The van der Waals surface area contributed by atoms with Crippen molar-refractivity contribution in [3.05, 3.63) is 29.3 Å². The summed E-state index contributed by atoms with van der Waals surface area (Å²) < 4.78 is 5.28. The Morgan fingerprint density at radius 3 is 2.78 bits per heavy atom. The Morgan fingerprint density at radius 1 is 1.39 bits per heavy atom. The Kier molecular flexibility index (Phi) is 3.93. The van der Waals surface area contributed by atoms with Crippen molar-refractivity contribution in [2.75, 3.05) is 13.7 Å². The average molecular weight is 249 g/mol. The minimum Gasteiger partial charge on any atom is -0.497 e. The Labute approximate surface area is 109 Å². The molecule has 1 atom stereocenters. The van der Waals surface area contributed by atoms with Crippen LogP contribution in [0.1, 0.15) is 31.4 Å². The molecule has 0 radical (unpaired) electrons. The van der Waals surface area contributed by atoms with Gasteiger partial charge >= 0.3 is 0 Å². The Hall–Kier alpha value is -1.06. The van der Waals surface area contributed by atoms with E-state index in [0.717, 1.165) is 25.0 Å². The van der Waals surface area contributed by atoms with Crippen molar-refractivity contribution >= 4 is 0 Å². The number of hydrogen-bond donors (Lipinski definition) is 2. The first-order valence-electron chi connectivity index (χ1n) is 6.63. The van der Waals surface area contributed by atoms with Crippen LogP contribution in [0.5, 0.6) is 5.75 Å². The van der Waals surface area contributed by atoms with Gasteiger partial charge in [-0.1, -0.05) is 19.9 Å². The predicted molar refractivity (Wildman–Crippen MR) is 73.1 cm³/mol. The molecule has 18 heavy (non-hydrogen) atoms.